The fraction of sp³-hybridized carbons (Fsp3) is 0.261. The van der Waals surface area contributed by atoms with E-state index >= 15 is 0 Å². The highest BCUT2D eigenvalue weighted by molar-refractivity contribution is 6.33. The number of hydrogen-bond donors (Lipinski definition) is 0. The monoisotopic (exact) mass is 474 g/mol. The summed E-state index contributed by atoms with van der Waals surface area (Å²) in [5.74, 6) is 0.141. The summed E-state index contributed by atoms with van der Waals surface area (Å²) < 4.78 is 16.0. The van der Waals surface area contributed by atoms with Gasteiger partial charge in [0.2, 0.25) is 5.91 Å². The first-order valence-electron chi connectivity index (χ1n) is 10.3. The average molecular weight is 475 g/mol. The van der Waals surface area contributed by atoms with Crippen LogP contribution in [0.5, 0.6) is 0 Å². The third-order valence-corrected chi connectivity index (χ3v) is 5.99. The molecule has 1 saturated heterocycles. The summed E-state index contributed by atoms with van der Waals surface area (Å²) in [4.78, 5) is 33.7. The van der Waals surface area contributed by atoms with Crippen molar-refractivity contribution in [3.05, 3.63) is 74.7 Å². The van der Waals surface area contributed by atoms with Gasteiger partial charge in [-0.2, -0.15) is 0 Å². The number of carbonyl (C=O) groups excluding carboxylic acids is 1. The second-order valence-corrected chi connectivity index (χ2v) is 8.25. The van der Waals surface area contributed by atoms with Crippen LogP contribution in [0.2, 0.25) is 10.0 Å². The fourth-order valence-corrected chi connectivity index (χ4v) is 4.14. The lowest BCUT2D eigenvalue weighted by atomic mass is 10.2. The van der Waals surface area contributed by atoms with Gasteiger partial charge in [0.1, 0.15) is 11.6 Å². The molecular weight excluding hydrogens is 454 g/mol. The topological polar surface area (TPSA) is 58.4 Å². The molecular formula is C23H21Cl2FN4O2. The summed E-state index contributed by atoms with van der Waals surface area (Å²) >= 11 is 12.3. The molecule has 9 heteroatoms. The molecule has 4 rings (SSSR count). The minimum absolute atomic E-state index is 0.0340. The Bertz CT molecular complexity index is 1220. The lowest BCUT2D eigenvalue weighted by Crippen LogP contribution is -2.49. The van der Waals surface area contributed by atoms with Crippen molar-refractivity contribution in [2.24, 2.45) is 0 Å². The van der Waals surface area contributed by atoms with Gasteiger partial charge in [-0.25, -0.2) is 9.37 Å². The predicted octanol–water partition coefficient (Wildman–Crippen LogP) is 4.40. The number of benzene rings is 2. The number of rotatable bonds is 4. The maximum Gasteiger partial charge on any atom is 0.260 e. The number of amides is 1. The molecule has 0 radical (unpaired) electrons. The van der Waals surface area contributed by atoms with E-state index in [1.807, 2.05) is 11.8 Å². The van der Waals surface area contributed by atoms with E-state index in [-0.39, 0.29) is 22.4 Å². The van der Waals surface area contributed by atoms with Crippen molar-refractivity contribution in [3.63, 3.8) is 0 Å². The Morgan fingerprint density at radius 1 is 1.06 bits per heavy atom. The third kappa shape index (κ3) is 4.36. The maximum atomic E-state index is 14.8. The van der Waals surface area contributed by atoms with Crippen molar-refractivity contribution in [2.75, 3.05) is 31.1 Å². The molecule has 0 saturated carbocycles. The number of aromatic nitrogens is 2. The average Bonchev–Trinajstić information content (AvgIpc) is 2.79. The Labute approximate surface area is 194 Å². The highest BCUT2D eigenvalue weighted by atomic mass is 35.5. The van der Waals surface area contributed by atoms with Crippen LogP contribution in [0.25, 0.3) is 17.1 Å². The van der Waals surface area contributed by atoms with E-state index in [1.54, 1.807) is 29.2 Å². The van der Waals surface area contributed by atoms with Crippen LogP contribution in [-0.4, -0.2) is 46.5 Å². The first-order valence-corrected chi connectivity index (χ1v) is 11.0. The molecule has 1 amide bonds. The van der Waals surface area contributed by atoms with Gasteiger partial charge in [-0.1, -0.05) is 42.3 Å². The SMILES string of the molecule is CCC(=O)N1CCN(c2cc(=O)n(-c3ccc(Cl)cc3F)c(-c3ccccc3Cl)n2)CC1. The van der Waals surface area contributed by atoms with E-state index in [9.17, 15) is 14.0 Å². The molecule has 3 aromatic rings. The summed E-state index contributed by atoms with van der Waals surface area (Å²) in [5.41, 5.74) is 0.0900. The highest BCUT2D eigenvalue weighted by Gasteiger charge is 2.24. The highest BCUT2D eigenvalue weighted by Crippen LogP contribution is 2.30. The second kappa shape index (κ2) is 9.30. The zero-order valence-corrected chi connectivity index (χ0v) is 18.9. The Hall–Kier alpha value is -2.90. The van der Waals surface area contributed by atoms with Crippen molar-refractivity contribution >= 4 is 34.9 Å². The van der Waals surface area contributed by atoms with Crippen molar-refractivity contribution in [1.82, 2.24) is 14.5 Å². The molecule has 1 aliphatic heterocycles. The number of halogens is 3. The summed E-state index contributed by atoms with van der Waals surface area (Å²) in [6, 6.07) is 12.5. The van der Waals surface area contributed by atoms with Gasteiger partial charge in [-0.15, -0.1) is 0 Å². The zero-order chi connectivity index (χ0) is 22.8. The quantitative estimate of drug-likeness (QED) is 0.561. The largest absolute Gasteiger partial charge is 0.353 e. The van der Waals surface area contributed by atoms with Gasteiger partial charge in [0, 0.05) is 49.3 Å². The molecule has 0 atom stereocenters. The number of hydrogen-bond acceptors (Lipinski definition) is 4. The van der Waals surface area contributed by atoms with Gasteiger partial charge in [0.25, 0.3) is 5.56 Å². The summed E-state index contributed by atoms with van der Waals surface area (Å²) in [7, 11) is 0. The standard InChI is InChI=1S/C23H21Cl2FN4O2/c1-2-21(31)29-11-9-28(10-12-29)20-14-22(32)30(19-8-7-15(24)13-18(19)26)23(27-20)16-5-3-4-6-17(16)25/h3-8,13-14H,2,9-12H2,1H3. The van der Waals surface area contributed by atoms with Crippen LogP contribution >= 0.6 is 23.2 Å². The van der Waals surface area contributed by atoms with Gasteiger partial charge < -0.3 is 9.80 Å². The predicted molar refractivity (Wildman–Crippen MR) is 124 cm³/mol. The molecule has 6 nitrogen and oxygen atoms in total. The molecule has 1 aromatic heterocycles. The van der Waals surface area contributed by atoms with Crippen LogP contribution in [-0.2, 0) is 4.79 Å². The van der Waals surface area contributed by atoms with Crippen LogP contribution in [0, 0.1) is 5.82 Å². The van der Waals surface area contributed by atoms with Crippen LogP contribution in [0.4, 0.5) is 10.2 Å². The molecule has 166 valence electrons. The van der Waals surface area contributed by atoms with Crippen molar-refractivity contribution in [1.29, 1.82) is 0 Å². The molecule has 2 aromatic carbocycles. The molecule has 0 N–H and O–H groups in total. The van der Waals surface area contributed by atoms with Crippen LogP contribution in [0.3, 0.4) is 0 Å². The van der Waals surface area contributed by atoms with E-state index in [4.69, 9.17) is 28.2 Å². The number of carbonyl (C=O) groups is 1. The van der Waals surface area contributed by atoms with Gasteiger partial charge in [0.15, 0.2) is 5.82 Å². The lowest BCUT2D eigenvalue weighted by Gasteiger charge is -2.35. The number of anilines is 1. The smallest absolute Gasteiger partial charge is 0.260 e. The van der Waals surface area contributed by atoms with Gasteiger partial charge in [-0.3, -0.25) is 14.2 Å². The van der Waals surface area contributed by atoms with E-state index in [2.05, 4.69) is 0 Å². The van der Waals surface area contributed by atoms with Crippen molar-refractivity contribution in [2.45, 2.75) is 13.3 Å². The number of piperazine rings is 1. The first-order chi connectivity index (χ1) is 15.4. The van der Waals surface area contributed by atoms with E-state index < -0.39 is 11.4 Å². The molecule has 1 aliphatic rings. The molecule has 2 heterocycles. The molecule has 0 aliphatic carbocycles. The molecule has 1 fully saturated rings. The Morgan fingerprint density at radius 2 is 1.78 bits per heavy atom. The lowest BCUT2D eigenvalue weighted by molar-refractivity contribution is -0.131. The van der Waals surface area contributed by atoms with E-state index in [0.29, 0.717) is 49.0 Å². The van der Waals surface area contributed by atoms with Gasteiger partial charge >= 0.3 is 0 Å². The van der Waals surface area contributed by atoms with Crippen LogP contribution in [0.15, 0.2) is 53.3 Å². The molecule has 0 spiro atoms. The van der Waals surface area contributed by atoms with E-state index in [0.717, 1.165) is 6.07 Å². The third-order valence-electron chi connectivity index (χ3n) is 5.43. The summed E-state index contributed by atoms with van der Waals surface area (Å²) in [6.45, 7) is 4.01. The first kappa shape index (κ1) is 22.3. The van der Waals surface area contributed by atoms with Gasteiger partial charge in [-0.05, 0) is 30.3 Å². The normalized spacial score (nSPS) is 14.0. The van der Waals surface area contributed by atoms with Crippen molar-refractivity contribution < 1.29 is 9.18 Å². The Balaban J connectivity index is 1.82. The zero-order valence-electron chi connectivity index (χ0n) is 17.4. The molecule has 32 heavy (non-hydrogen) atoms. The summed E-state index contributed by atoms with van der Waals surface area (Å²) in [6.07, 6.45) is 0.456. The van der Waals surface area contributed by atoms with Crippen molar-refractivity contribution in [3.8, 4) is 17.1 Å². The van der Waals surface area contributed by atoms with Crippen LogP contribution in [0.1, 0.15) is 13.3 Å². The van der Waals surface area contributed by atoms with Gasteiger partial charge in [0.05, 0.1) is 10.7 Å². The second-order valence-electron chi connectivity index (χ2n) is 7.41. The van der Waals surface area contributed by atoms with E-state index in [1.165, 1.54) is 22.8 Å². The molecule has 0 bridgehead atoms. The Morgan fingerprint density at radius 3 is 2.44 bits per heavy atom. The summed E-state index contributed by atoms with van der Waals surface area (Å²) in [5, 5.41) is 0.612. The maximum absolute atomic E-state index is 14.8. The number of nitrogens with zero attached hydrogens (tertiary/aromatic N) is 4. The minimum atomic E-state index is -0.644. The Kier molecular flexibility index (Phi) is 6.48. The molecule has 0 unspecified atom stereocenters. The van der Waals surface area contributed by atoms with Crippen LogP contribution < -0.4 is 10.5 Å². The fourth-order valence-electron chi connectivity index (χ4n) is 3.76. The minimum Gasteiger partial charge on any atom is -0.353 e.